The van der Waals surface area contributed by atoms with Gasteiger partial charge in [-0.3, -0.25) is 19.5 Å². The fourth-order valence-corrected chi connectivity index (χ4v) is 6.03. The van der Waals surface area contributed by atoms with E-state index in [-0.39, 0.29) is 11.7 Å². The smallest absolute Gasteiger partial charge is 0.280 e. The zero-order valence-corrected chi connectivity index (χ0v) is 23.9. The molecule has 4 aromatic rings. The van der Waals surface area contributed by atoms with Crippen molar-refractivity contribution >= 4 is 46.4 Å². The van der Waals surface area contributed by atoms with Gasteiger partial charge in [-0.1, -0.05) is 29.3 Å². The Hall–Kier alpha value is -4.08. The number of nitrogens with zero attached hydrogens (tertiary/aromatic N) is 4. The van der Waals surface area contributed by atoms with E-state index in [0.717, 1.165) is 0 Å². The molecule has 1 atom stereocenters. The number of anilines is 2. The molecule has 0 aliphatic carbocycles. The van der Waals surface area contributed by atoms with Crippen LogP contribution in [0.1, 0.15) is 47.3 Å². The van der Waals surface area contributed by atoms with Crippen molar-refractivity contribution in [2.45, 2.75) is 32.4 Å². The van der Waals surface area contributed by atoms with Gasteiger partial charge in [-0.25, -0.2) is 4.98 Å². The first-order valence-corrected chi connectivity index (χ1v) is 13.3. The molecular weight excluding hydrogens is 553 g/mol. The van der Waals surface area contributed by atoms with Gasteiger partial charge in [-0.15, -0.1) is 0 Å². The van der Waals surface area contributed by atoms with Gasteiger partial charge in [0.1, 0.15) is 17.3 Å². The third-order valence-electron chi connectivity index (χ3n) is 7.38. The lowest BCUT2D eigenvalue weighted by Gasteiger charge is -2.36. The number of amides is 2. The highest BCUT2D eigenvalue weighted by atomic mass is 35.5. The normalized spacial score (nSPS) is 17.4. The number of hydrogen-bond donors (Lipinski definition) is 1. The lowest BCUT2D eigenvalue weighted by atomic mass is 9.87. The van der Waals surface area contributed by atoms with Crippen LogP contribution in [-0.4, -0.2) is 40.6 Å². The van der Waals surface area contributed by atoms with Gasteiger partial charge in [-0.05, 0) is 51.1 Å². The predicted octanol–water partition coefficient (Wildman–Crippen LogP) is 6.01. The molecule has 4 heterocycles. The first-order chi connectivity index (χ1) is 19.1. The van der Waals surface area contributed by atoms with Crippen molar-refractivity contribution < 1.29 is 19.1 Å². The Morgan fingerprint density at radius 1 is 1.00 bits per heavy atom. The highest BCUT2D eigenvalue weighted by Crippen LogP contribution is 2.55. The summed E-state index contributed by atoms with van der Waals surface area (Å²) in [6.45, 7) is 5.72. The van der Waals surface area contributed by atoms with Gasteiger partial charge < -0.3 is 19.4 Å². The summed E-state index contributed by atoms with van der Waals surface area (Å²) in [5.41, 5.74) is 1.67. The average molecular weight is 578 g/mol. The molecule has 0 bridgehead atoms. The Kier molecular flexibility index (Phi) is 6.05. The number of benzene rings is 2. The number of aryl methyl sites for hydroxylation is 1. The number of carbonyl (C=O) groups is 2. The van der Waals surface area contributed by atoms with Crippen molar-refractivity contribution in [2.75, 3.05) is 24.4 Å². The van der Waals surface area contributed by atoms with Crippen molar-refractivity contribution in [1.82, 2.24) is 14.5 Å². The Labute approximate surface area is 240 Å². The first-order valence-electron chi connectivity index (χ1n) is 12.6. The quantitative estimate of drug-likeness (QED) is 0.311. The zero-order valence-electron chi connectivity index (χ0n) is 22.4. The summed E-state index contributed by atoms with van der Waals surface area (Å²) in [6.07, 6.45) is 1.50. The minimum atomic E-state index is -1.60. The van der Waals surface area contributed by atoms with Gasteiger partial charge >= 0.3 is 0 Å². The Morgan fingerprint density at radius 2 is 1.77 bits per heavy atom. The number of methoxy groups -OCH3 is 2. The molecule has 1 N–H and O–H groups in total. The number of fused-ring (bicyclic) bond motifs is 4. The molecule has 0 saturated heterocycles. The number of pyridine rings is 1. The van der Waals surface area contributed by atoms with E-state index in [1.54, 1.807) is 57.5 Å². The number of carbonyl (C=O) groups excluding carboxylic acids is 2. The molecule has 2 aromatic heterocycles. The molecule has 204 valence electrons. The van der Waals surface area contributed by atoms with Gasteiger partial charge in [-0.2, -0.15) is 0 Å². The molecule has 6 rings (SSSR count). The Balaban J connectivity index is 1.73. The van der Waals surface area contributed by atoms with Crippen LogP contribution in [0.3, 0.4) is 0 Å². The fourth-order valence-electron chi connectivity index (χ4n) is 5.71. The van der Waals surface area contributed by atoms with Crippen LogP contribution in [0.5, 0.6) is 11.5 Å². The summed E-state index contributed by atoms with van der Waals surface area (Å²) in [7, 11) is 3.13. The van der Waals surface area contributed by atoms with Crippen LogP contribution in [-0.2, 0) is 10.3 Å². The second-order valence-corrected chi connectivity index (χ2v) is 10.8. The molecule has 2 aliphatic rings. The van der Waals surface area contributed by atoms with Crippen LogP contribution in [0.2, 0.25) is 10.0 Å². The largest absolute Gasteiger partial charge is 0.497 e. The van der Waals surface area contributed by atoms with Crippen LogP contribution in [0, 0.1) is 6.92 Å². The maximum atomic E-state index is 14.4. The summed E-state index contributed by atoms with van der Waals surface area (Å²) in [5.74, 6) is 0.753. The third-order valence-corrected chi connectivity index (χ3v) is 7.82. The molecule has 11 heteroatoms. The van der Waals surface area contributed by atoms with E-state index < -0.39 is 17.4 Å². The standard InChI is InChI=1S/C29H25Cl2N5O4/c1-14(2)35-25-24(34-26(35)19-8-7-18(39-4)12-23(19)40-5)27(37)36(22-11-17(31)13-32-15(22)3)29(25)20-9-6-16(30)10-21(20)33-28(29)38/h6-14H,1-5H3,(H,33,38). The number of nitrogens with one attached hydrogen (secondary N) is 1. The number of imidazole rings is 1. The maximum Gasteiger partial charge on any atom is 0.280 e. The SMILES string of the molecule is COc1ccc(-c2nc3c(n2C(C)C)C2(C(=O)Nc4cc(Cl)ccc42)N(c2cc(Cl)cnc2C)C3=O)c(OC)c1. The van der Waals surface area contributed by atoms with Crippen molar-refractivity contribution in [3.8, 4) is 22.9 Å². The monoisotopic (exact) mass is 577 g/mol. The molecule has 0 fully saturated rings. The molecule has 0 radical (unpaired) electrons. The van der Waals surface area contributed by atoms with Gasteiger partial charge in [0.05, 0.1) is 41.9 Å². The predicted molar refractivity (Wildman–Crippen MR) is 153 cm³/mol. The number of hydrogen-bond acceptors (Lipinski definition) is 6. The van der Waals surface area contributed by atoms with Crippen molar-refractivity contribution in [3.05, 3.63) is 81.4 Å². The van der Waals surface area contributed by atoms with E-state index in [2.05, 4.69) is 10.3 Å². The molecule has 0 saturated carbocycles. The van der Waals surface area contributed by atoms with Crippen molar-refractivity contribution in [3.63, 3.8) is 0 Å². The topological polar surface area (TPSA) is 98.6 Å². The molecule has 9 nitrogen and oxygen atoms in total. The second-order valence-electron chi connectivity index (χ2n) is 9.92. The number of aromatic nitrogens is 3. The molecule has 1 unspecified atom stereocenters. The number of halogens is 2. The second kappa shape index (κ2) is 9.25. The van der Waals surface area contributed by atoms with Crippen LogP contribution < -0.4 is 19.7 Å². The Bertz CT molecular complexity index is 1730. The highest BCUT2D eigenvalue weighted by Gasteiger charge is 2.64. The zero-order chi connectivity index (χ0) is 28.5. The average Bonchev–Trinajstić information content (AvgIpc) is 3.53. The van der Waals surface area contributed by atoms with Crippen LogP contribution in [0.4, 0.5) is 11.4 Å². The van der Waals surface area contributed by atoms with Crippen molar-refractivity contribution in [2.24, 2.45) is 0 Å². The van der Waals surface area contributed by atoms with E-state index in [4.69, 9.17) is 37.7 Å². The Morgan fingerprint density at radius 3 is 2.48 bits per heavy atom. The van der Waals surface area contributed by atoms with Gasteiger partial charge in [0.15, 0.2) is 11.2 Å². The molecule has 1 spiro atoms. The third kappa shape index (κ3) is 3.47. The molecule has 2 aromatic carbocycles. The summed E-state index contributed by atoms with van der Waals surface area (Å²) < 4.78 is 13.0. The fraction of sp³-hybridized carbons (Fsp3) is 0.241. The maximum absolute atomic E-state index is 14.4. The molecular formula is C29H25Cl2N5O4. The lowest BCUT2D eigenvalue weighted by molar-refractivity contribution is -0.119. The summed E-state index contributed by atoms with van der Waals surface area (Å²) in [4.78, 5) is 39.5. The van der Waals surface area contributed by atoms with E-state index in [1.165, 1.54) is 11.1 Å². The number of rotatable bonds is 5. The summed E-state index contributed by atoms with van der Waals surface area (Å²) in [5, 5.41) is 3.75. The lowest BCUT2D eigenvalue weighted by Crippen LogP contribution is -2.51. The van der Waals surface area contributed by atoms with Gasteiger partial charge in [0.2, 0.25) is 0 Å². The number of ether oxygens (including phenoxy) is 2. The van der Waals surface area contributed by atoms with E-state index in [1.807, 2.05) is 24.5 Å². The summed E-state index contributed by atoms with van der Waals surface area (Å²) >= 11 is 12.7. The van der Waals surface area contributed by atoms with Gasteiger partial charge in [0, 0.05) is 34.6 Å². The molecule has 2 amide bonds. The first kappa shape index (κ1) is 26.2. The highest BCUT2D eigenvalue weighted by molar-refractivity contribution is 6.32. The van der Waals surface area contributed by atoms with E-state index >= 15 is 0 Å². The molecule has 2 aliphatic heterocycles. The minimum absolute atomic E-state index is 0.152. The summed E-state index contributed by atoms with van der Waals surface area (Å²) in [6, 6.07) is 12.0. The van der Waals surface area contributed by atoms with Gasteiger partial charge in [0.25, 0.3) is 11.8 Å². The van der Waals surface area contributed by atoms with Crippen LogP contribution >= 0.6 is 23.2 Å². The van der Waals surface area contributed by atoms with E-state index in [0.29, 0.717) is 61.3 Å². The minimum Gasteiger partial charge on any atom is -0.497 e. The van der Waals surface area contributed by atoms with Crippen molar-refractivity contribution in [1.29, 1.82) is 0 Å². The van der Waals surface area contributed by atoms with E-state index in [9.17, 15) is 9.59 Å². The molecule has 40 heavy (non-hydrogen) atoms. The van der Waals surface area contributed by atoms with Crippen LogP contribution in [0.15, 0.2) is 48.7 Å². The van der Waals surface area contributed by atoms with Crippen LogP contribution in [0.25, 0.3) is 11.4 Å².